The van der Waals surface area contributed by atoms with Crippen molar-refractivity contribution in [2.45, 2.75) is 0 Å². The summed E-state index contributed by atoms with van der Waals surface area (Å²) >= 11 is 0. The first-order valence-electron chi connectivity index (χ1n) is 5.22. The van der Waals surface area contributed by atoms with Crippen LogP contribution >= 0.6 is 0 Å². The van der Waals surface area contributed by atoms with E-state index in [2.05, 4.69) is 9.97 Å². The van der Waals surface area contributed by atoms with Crippen molar-refractivity contribution in [1.82, 2.24) is 14.4 Å². The number of imidazole rings is 1. The molecule has 0 aliphatic heterocycles. The number of aldehydes is 1. The lowest BCUT2D eigenvalue weighted by molar-refractivity contribution is 0.111. The molecule has 0 radical (unpaired) electrons. The van der Waals surface area contributed by atoms with Crippen LogP contribution in [0.3, 0.4) is 0 Å². The Kier molecular flexibility index (Phi) is 2.19. The van der Waals surface area contributed by atoms with E-state index >= 15 is 0 Å². The lowest BCUT2D eigenvalue weighted by Gasteiger charge is -2.03. The molecule has 0 aliphatic carbocycles. The summed E-state index contributed by atoms with van der Waals surface area (Å²) < 4.78 is 1.84. The van der Waals surface area contributed by atoms with Gasteiger partial charge in [0, 0.05) is 18.0 Å². The van der Waals surface area contributed by atoms with Crippen LogP contribution < -0.4 is 0 Å². The summed E-state index contributed by atoms with van der Waals surface area (Å²) in [5, 5.41) is 0. The fourth-order valence-corrected chi connectivity index (χ4v) is 1.87. The molecule has 4 heteroatoms. The Bertz CT molecular complexity index is 673. The molecule has 0 saturated heterocycles. The van der Waals surface area contributed by atoms with Gasteiger partial charge in [-0.25, -0.2) is 4.98 Å². The summed E-state index contributed by atoms with van der Waals surface area (Å²) in [6, 6.07) is 9.28. The molecule has 0 bridgehead atoms. The van der Waals surface area contributed by atoms with E-state index < -0.39 is 0 Å². The van der Waals surface area contributed by atoms with Crippen molar-refractivity contribution < 1.29 is 4.79 Å². The van der Waals surface area contributed by atoms with Gasteiger partial charge < -0.3 is 0 Å². The maximum Gasteiger partial charge on any atom is 0.166 e. The van der Waals surface area contributed by atoms with E-state index in [4.69, 9.17) is 0 Å². The van der Waals surface area contributed by atoms with E-state index in [0.29, 0.717) is 5.69 Å². The summed E-state index contributed by atoms with van der Waals surface area (Å²) in [6.07, 6.45) is 6.00. The van der Waals surface area contributed by atoms with Crippen LogP contribution in [0.4, 0.5) is 0 Å². The van der Waals surface area contributed by atoms with Gasteiger partial charge in [-0.05, 0) is 24.3 Å². The first-order chi connectivity index (χ1) is 8.40. The number of carbonyl (C=O) groups is 1. The normalized spacial score (nSPS) is 10.6. The second-order valence-electron chi connectivity index (χ2n) is 3.65. The maximum atomic E-state index is 11.0. The van der Waals surface area contributed by atoms with E-state index in [1.807, 2.05) is 28.7 Å². The smallest absolute Gasteiger partial charge is 0.166 e. The molecule has 3 aromatic heterocycles. The van der Waals surface area contributed by atoms with Crippen molar-refractivity contribution in [3.05, 3.63) is 54.6 Å². The minimum atomic E-state index is 0.590. The molecule has 0 atom stereocenters. The lowest BCUT2D eigenvalue weighted by Crippen LogP contribution is -1.97. The highest BCUT2D eigenvalue weighted by molar-refractivity contribution is 5.77. The Morgan fingerprint density at radius 1 is 1.12 bits per heavy atom. The summed E-state index contributed by atoms with van der Waals surface area (Å²) in [7, 11) is 0. The Balaban J connectivity index is 2.35. The average Bonchev–Trinajstić information content (AvgIpc) is 2.83. The van der Waals surface area contributed by atoms with Gasteiger partial charge in [0.15, 0.2) is 6.29 Å². The Hall–Kier alpha value is -2.49. The molecule has 0 aliphatic rings. The van der Waals surface area contributed by atoms with Gasteiger partial charge in [-0.2, -0.15) is 0 Å². The SMILES string of the molecule is O=Cc1cccc2cnc(-c3ccncc3)n12. The highest BCUT2D eigenvalue weighted by atomic mass is 16.1. The molecule has 0 amide bonds. The van der Waals surface area contributed by atoms with Crippen molar-refractivity contribution in [3.63, 3.8) is 0 Å². The fourth-order valence-electron chi connectivity index (χ4n) is 1.87. The second-order valence-corrected chi connectivity index (χ2v) is 3.65. The maximum absolute atomic E-state index is 11.0. The number of hydrogen-bond donors (Lipinski definition) is 0. The second kappa shape index (κ2) is 3.83. The molecule has 0 fully saturated rings. The highest BCUT2D eigenvalue weighted by Gasteiger charge is 2.08. The quantitative estimate of drug-likeness (QED) is 0.626. The zero-order chi connectivity index (χ0) is 11.7. The fraction of sp³-hybridized carbons (Fsp3) is 0. The third kappa shape index (κ3) is 1.50. The molecule has 0 spiro atoms. The van der Waals surface area contributed by atoms with Gasteiger partial charge in [-0.3, -0.25) is 14.2 Å². The Morgan fingerprint density at radius 2 is 1.94 bits per heavy atom. The Morgan fingerprint density at radius 3 is 2.71 bits per heavy atom. The van der Waals surface area contributed by atoms with Crippen LogP contribution in [0, 0.1) is 0 Å². The lowest BCUT2D eigenvalue weighted by atomic mass is 10.2. The minimum Gasteiger partial charge on any atom is -0.296 e. The Labute approximate surface area is 97.6 Å². The van der Waals surface area contributed by atoms with Gasteiger partial charge >= 0.3 is 0 Å². The van der Waals surface area contributed by atoms with Gasteiger partial charge in [-0.1, -0.05) is 6.07 Å². The number of pyridine rings is 2. The van der Waals surface area contributed by atoms with E-state index in [-0.39, 0.29) is 0 Å². The molecule has 0 saturated carbocycles. The number of hydrogen-bond acceptors (Lipinski definition) is 3. The summed E-state index contributed by atoms with van der Waals surface area (Å²) in [4.78, 5) is 19.4. The molecule has 0 N–H and O–H groups in total. The zero-order valence-corrected chi connectivity index (χ0v) is 8.95. The molecule has 17 heavy (non-hydrogen) atoms. The average molecular weight is 223 g/mol. The van der Waals surface area contributed by atoms with Gasteiger partial charge in [0.25, 0.3) is 0 Å². The standard InChI is InChI=1S/C13H9N3O/c17-9-12-3-1-2-11-8-15-13(16(11)12)10-4-6-14-7-5-10/h1-9H. The molecule has 82 valence electrons. The van der Waals surface area contributed by atoms with Crippen LogP contribution in [0.1, 0.15) is 10.5 Å². The number of nitrogens with zero attached hydrogens (tertiary/aromatic N) is 3. The number of rotatable bonds is 2. The molecular formula is C13H9N3O. The predicted octanol–water partition coefficient (Wildman–Crippen LogP) is 2.21. The monoisotopic (exact) mass is 223 g/mol. The van der Waals surface area contributed by atoms with E-state index in [1.165, 1.54) is 0 Å². The number of aromatic nitrogens is 3. The van der Waals surface area contributed by atoms with Gasteiger partial charge in [0.2, 0.25) is 0 Å². The minimum absolute atomic E-state index is 0.590. The van der Waals surface area contributed by atoms with Crippen molar-refractivity contribution in [2.75, 3.05) is 0 Å². The number of carbonyl (C=O) groups excluding carboxylic acids is 1. The molecule has 3 rings (SSSR count). The van der Waals surface area contributed by atoms with Crippen molar-refractivity contribution in [1.29, 1.82) is 0 Å². The predicted molar refractivity (Wildman–Crippen MR) is 63.8 cm³/mol. The first-order valence-corrected chi connectivity index (χ1v) is 5.22. The zero-order valence-electron chi connectivity index (χ0n) is 8.95. The van der Waals surface area contributed by atoms with E-state index in [9.17, 15) is 4.79 Å². The largest absolute Gasteiger partial charge is 0.296 e. The van der Waals surface area contributed by atoms with E-state index in [0.717, 1.165) is 23.2 Å². The topological polar surface area (TPSA) is 47.3 Å². The third-order valence-corrected chi connectivity index (χ3v) is 2.64. The first kappa shape index (κ1) is 9.72. The van der Waals surface area contributed by atoms with Gasteiger partial charge in [0.1, 0.15) is 5.82 Å². The van der Waals surface area contributed by atoms with Crippen LogP contribution in [-0.4, -0.2) is 20.7 Å². The van der Waals surface area contributed by atoms with Crippen LogP contribution in [0.5, 0.6) is 0 Å². The van der Waals surface area contributed by atoms with Crippen molar-refractivity contribution in [2.24, 2.45) is 0 Å². The third-order valence-electron chi connectivity index (χ3n) is 2.64. The molecule has 0 unspecified atom stereocenters. The summed E-state index contributed by atoms with van der Waals surface area (Å²) in [6.45, 7) is 0. The highest BCUT2D eigenvalue weighted by Crippen LogP contribution is 2.20. The molecule has 3 aromatic rings. The molecule has 3 heterocycles. The van der Waals surface area contributed by atoms with Gasteiger partial charge in [-0.15, -0.1) is 0 Å². The number of fused-ring (bicyclic) bond motifs is 1. The van der Waals surface area contributed by atoms with Crippen LogP contribution in [0.25, 0.3) is 16.9 Å². The van der Waals surface area contributed by atoms with E-state index in [1.54, 1.807) is 24.7 Å². The van der Waals surface area contributed by atoms with Crippen LogP contribution in [0.2, 0.25) is 0 Å². The van der Waals surface area contributed by atoms with Crippen molar-refractivity contribution in [3.8, 4) is 11.4 Å². The van der Waals surface area contributed by atoms with Gasteiger partial charge in [0.05, 0.1) is 17.4 Å². The molecular weight excluding hydrogens is 214 g/mol. The van der Waals surface area contributed by atoms with Crippen LogP contribution in [-0.2, 0) is 0 Å². The molecule has 4 nitrogen and oxygen atoms in total. The molecule has 0 aromatic carbocycles. The summed E-state index contributed by atoms with van der Waals surface area (Å²) in [5.41, 5.74) is 2.43. The van der Waals surface area contributed by atoms with Crippen LogP contribution in [0.15, 0.2) is 48.9 Å². The van der Waals surface area contributed by atoms with Crippen molar-refractivity contribution >= 4 is 11.8 Å². The summed E-state index contributed by atoms with van der Waals surface area (Å²) in [5.74, 6) is 0.755.